The minimum atomic E-state index is 0.196. The van der Waals surface area contributed by atoms with Gasteiger partial charge in [0.05, 0.1) is 30.7 Å². The van der Waals surface area contributed by atoms with Gasteiger partial charge in [-0.05, 0) is 38.0 Å². The summed E-state index contributed by atoms with van der Waals surface area (Å²) in [5, 5.41) is 12.6. The second-order valence-electron chi connectivity index (χ2n) is 6.64. The maximum atomic E-state index is 5.95. The number of rotatable bonds is 5. The Labute approximate surface area is 158 Å². The fourth-order valence-electron chi connectivity index (χ4n) is 2.78. The minimum Gasteiger partial charge on any atom is -0.368 e. The van der Waals surface area contributed by atoms with Crippen molar-refractivity contribution in [1.82, 2.24) is 24.8 Å². The molecule has 0 amide bonds. The van der Waals surface area contributed by atoms with Gasteiger partial charge in [-0.25, -0.2) is 14.7 Å². The van der Waals surface area contributed by atoms with E-state index in [1.165, 1.54) is 0 Å². The van der Waals surface area contributed by atoms with E-state index in [-0.39, 0.29) is 5.96 Å². The van der Waals surface area contributed by atoms with Crippen LogP contribution < -0.4 is 5.73 Å². The van der Waals surface area contributed by atoms with E-state index in [0.29, 0.717) is 19.1 Å². The summed E-state index contributed by atoms with van der Waals surface area (Å²) in [6.07, 6.45) is 9.45. The van der Waals surface area contributed by atoms with Crippen LogP contribution in [0.15, 0.2) is 64.4 Å². The van der Waals surface area contributed by atoms with Crippen LogP contribution in [0.3, 0.4) is 0 Å². The standard InChI is InChI=1S/C19H24N8/c1-13(2)27-17(8-9-22-27)12-26-11-16(24-25-26)10-21-19(20)23-18-14(3)6-5-7-15(18)4/h5-9,11,13H,3,10,12H2,1-2,4H3,(H2,20,21)/b23-18+. The molecule has 1 aliphatic rings. The second-order valence-corrected chi connectivity index (χ2v) is 6.64. The van der Waals surface area contributed by atoms with Crippen LogP contribution in [-0.4, -0.2) is 36.4 Å². The van der Waals surface area contributed by atoms with E-state index in [2.05, 4.69) is 45.8 Å². The smallest absolute Gasteiger partial charge is 0.216 e. The van der Waals surface area contributed by atoms with Gasteiger partial charge in [0.2, 0.25) is 5.96 Å². The molecule has 0 fully saturated rings. The third-order valence-electron chi connectivity index (χ3n) is 4.10. The maximum Gasteiger partial charge on any atom is 0.216 e. The van der Waals surface area contributed by atoms with Crippen molar-refractivity contribution in [3.05, 3.63) is 65.8 Å². The monoisotopic (exact) mass is 364 g/mol. The first-order valence-electron chi connectivity index (χ1n) is 8.78. The van der Waals surface area contributed by atoms with E-state index in [1.54, 1.807) is 10.9 Å². The van der Waals surface area contributed by atoms with Gasteiger partial charge in [-0.3, -0.25) is 4.68 Å². The molecule has 3 rings (SSSR count). The van der Waals surface area contributed by atoms with Crippen LogP contribution >= 0.6 is 0 Å². The molecule has 0 bridgehead atoms. The number of aromatic nitrogens is 5. The predicted octanol–water partition coefficient (Wildman–Crippen LogP) is 2.43. The Hall–Kier alpha value is -3.29. The zero-order valence-corrected chi connectivity index (χ0v) is 15.9. The largest absolute Gasteiger partial charge is 0.368 e. The molecule has 140 valence electrons. The van der Waals surface area contributed by atoms with E-state index < -0.39 is 0 Å². The highest BCUT2D eigenvalue weighted by molar-refractivity contribution is 6.18. The van der Waals surface area contributed by atoms with Crippen LogP contribution in [-0.2, 0) is 13.1 Å². The SMILES string of the molecule is C=C1C=CC=C(C)/C1=N/C(N)=N\Cc1cn(Cc2ccnn2C(C)C)nn1. The molecule has 2 aromatic heterocycles. The molecule has 0 aliphatic heterocycles. The number of aliphatic imine (C=N–C) groups is 2. The lowest BCUT2D eigenvalue weighted by Gasteiger charge is -2.10. The summed E-state index contributed by atoms with van der Waals surface area (Å²) in [4.78, 5) is 8.67. The molecule has 27 heavy (non-hydrogen) atoms. The Bertz CT molecular complexity index is 952. The fraction of sp³-hybridized carbons (Fsp3) is 0.316. The highest BCUT2D eigenvalue weighted by Crippen LogP contribution is 2.13. The molecular weight excluding hydrogens is 340 g/mol. The summed E-state index contributed by atoms with van der Waals surface area (Å²) in [6.45, 7) is 11.0. The molecular formula is C19H24N8. The first-order chi connectivity index (χ1) is 12.9. The molecule has 0 saturated carbocycles. The third-order valence-corrected chi connectivity index (χ3v) is 4.10. The van der Waals surface area contributed by atoms with Gasteiger partial charge in [0.15, 0.2) is 0 Å². The minimum absolute atomic E-state index is 0.196. The van der Waals surface area contributed by atoms with Crippen molar-refractivity contribution >= 4 is 11.7 Å². The number of guanidine groups is 1. The van der Waals surface area contributed by atoms with E-state index in [1.807, 2.05) is 42.1 Å². The molecule has 0 radical (unpaired) electrons. The zero-order valence-electron chi connectivity index (χ0n) is 15.9. The Morgan fingerprint density at radius 1 is 1.37 bits per heavy atom. The van der Waals surface area contributed by atoms with Crippen LogP contribution in [0.25, 0.3) is 0 Å². The second kappa shape index (κ2) is 7.94. The van der Waals surface area contributed by atoms with Crippen molar-refractivity contribution in [3.8, 4) is 0 Å². The lowest BCUT2D eigenvalue weighted by atomic mass is 10.00. The van der Waals surface area contributed by atoms with Gasteiger partial charge in [-0.1, -0.05) is 30.0 Å². The summed E-state index contributed by atoms with van der Waals surface area (Å²) >= 11 is 0. The van der Waals surface area contributed by atoms with E-state index in [9.17, 15) is 0 Å². The van der Waals surface area contributed by atoms with Gasteiger partial charge in [-0.15, -0.1) is 5.10 Å². The van der Waals surface area contributed by atoms with Crippen LogP contribution in [0.5, 0.6) is 0 Å². The molecule has 0 spiro atoms. The van der Waals surface area contributed by atoms with Gasteiger partial charge in [-0.2, -0.15) is 5.10 Å². The lowest BCUT2D eigenvalue weighted by molar-refractivity contribution is 0.490. The van der Waals surface area contributed by atoms with Gasteiger partial charge < -0.3 is 5.73 Å². The first-order valence-corrected chi connectivity index (χ1v) is 8.78. The zero-order chi connectivity index (χ0) is 19.4. The fourth-order valence-corrected chi connectivity index (χ4v) is 2.78. The van der Waals surface area contributed by atoms with Crippen molar-refractivity contribution in [2.75, 3.05) is 0 Å². The number of allylic oxidation sites excluding steroid dienone is 5. The highest BCUT2D eigenvalue weighted by atomic mass is 15.4. The quantitative estimate of drug-likeness (QED) is 0.650. The average Bonchev–Trinajstić information content (AvgIpc) is 3.26. The van der Waals surface area contributed by atoms with Gasteiger partial charge in [0.1, 0.15) is 5.69 Å². The normalized spacial score (nSPS) is 16.4. The Kier molecular flexibility index (Phi) is 5.44. The van der Waals surface area contributed by atoms with Crippen LogP contribution in [0.4, 0.5) is 0 Å². The molecule has 0 unspecified atom stereocenters. The topological polar surface area (TPSA) is 99.3 Å². The molecule has 1 aliphatic carbocycles. The summed E-state index contributed by atoms with van der Waals surface area (Å²) in [5.41, 5.74) is 10.3. The molecule has 0 aromatic carbocycles. The molecule has 0 atom stereocenters. The Morgan fingerprint density at radius 2 is 2.19 bits per heavy atom. The Morgan fingerprint density at radius 3 is 2.93 bits per heavy atom. The highest BCUT2D eigenvalue weighted by Gasteiger charge is 2.10. The van der Waals surface area contributed by atoms with Crippen LogP contribution in [0, 0.1) is 0 Å². The Balaban J connectivity index is 1.66. The molecule has 0 saturated heterocycles. The summed E-state index contributed by atoms with van der Waals surface area (Å²) in [7, 11) is 0. The molecule has 8 heteroatoms. The van der Waals surface area contributed by atoms with Crippen LogP contribution in [0.1, 0.15) is 38.2 Å². The lowest BCUT2D eigenvalue weighted by Crippen LogP contribution is -2.15. The molecule has 2 aromatic rings. The summed E-state index contributed by atoms with van der Waals surface area (Å²) < 4.78 is 3.73. The molecule has 8 nitrogen and oxygen atoms in total. The number of hydrogen-bond donors (Lipinski definition) is 1. The number of nitrogens with two attached hydrogens (primary N) is 1. The van der Waals surface area contributed by atoms with Crippen LogP contribution in [0.2, 0.25) is 0 Å². The van der Waals surface area contributed by atoms with Crippen molar-refractivity contribution in [3.63, 3.8) is 0 Å². The van der Waals surface area contributed by atoms with Crippen molar-refractivity contribution in [2.24, 2.45) is 15.7 Å². The van der Waals surface area contributed by atoms with Crippen molar-refractivity contribution < 1.29 is 0 Å². The van der Waals surface area contributed by atoms with Gasteiger partial charge >= 0.3 is 0 Å². The number of nitrogens with zero attached hydrogens (tertiary/aromatic N) is 7. The van der Waals surface area contributed by atoms with E-state index in [4.69, 9.17) is 5.73 Å². The molecule has 2 N–H and O–H groups in total. The predicted molar refractivity (Wildman–Crippen MR) is 107 cm³/mol. The van der Waals surface area contributed by atoms with E-state index >= 15 is 0 Å². The summed E-state index contributed by atoms with van der Waals surface area (Å²) in [5.74, 6) is 0.196. The third kappa shape index (κ3) is 4.46. The van der Waals surface area contributed by atoms with Gasteiger partial charge in [0, 0.05) is 12.2 Å². The summed E-state index contributed by atoms with van der Waals surface area (Å²) in [6, 6.07) is 2.28. The maximum absolute atomic E-state index is 5.95. The number of hydrogen-bond acceptors (Lipinski definition) is 4. The van der Waals surface area contributed by atoms with Gasteiger partial charge in [0.25, 0.3) is 0 Å². The van der Waals surface area contributed by atoms with Crippen molar-refractivity contribution in [1.29, 1.82) is 0 Å². The molecule has 2 heterocycles. The van der Waals surface area contributed by atoms with Crippen molar-refractivity contribution in [2.45, 2.75) is 39.9 Å². The van der Waals surface area contributed by atoms with E-state index in [0.717, 1.165) is 28.2 Å². The first kappa shape index (κ1) is 18.5. The average molecular weight is 364 g/mol.